The topological polar surface area (TPSA) is 100 Å². The molecule has 1 N–H and O–H groups in total. The Kier molecular flexibility index (Phi) is 4.78. The van der Waals surface area contributed by atoms with Crippen LogP contribution in [0.2, 0.25) is 0 Å². The molecule has 0 bridgehead atoms. The molecular weight excluding hydrogens is 396 g/mol. The minimum Gasteiger partial charge on any atom is -0.497 e. The third kappa shape index (κ3) is 3.70. The number of methoxy groups -OCH3 is 1. The van der Waals surface area contributed by atoms with E-state index in [4.69, 9.17) is 9.26 Å². The van der Waals surface area contributed by atoms with Gasteiger partial charge in [0.05, 0.1) is 7.11 Å². The van der Waals surface area contributed by atoms with E-state index < -0.39 is 0 Å². The van der Waals surface area contributed by atoms with Crippen molar-refractivity contribution in [1.29, 1.82) is 0 Å². The Morgan fingerprint density at radius 2 is 1.97 bits per heavy atom. The predicted molar refractivity (Wildman–Crippen MR) is 115 cm³/mol. The molecule has 0 unspecified atom stereocenters. The summed E-state index contributed by atoms with van der Waals surface area (Å²) in [6.45, 7) is 4.45. The summed E-state index contributed by atoms with van der Waals surface area (Å²) in [6.07, 6.45) is 1.75. The highest BCUT2D eigenvalue weighted by Crippen LogP contribution is 2.23. The summed E-state index contributed by atoms with van der Waals surface area (Å²) in [6, 6.07) is 11.5. The van der Waals surface area contributed by atoms with E-state index in [1.165, 1.54) is 0 Å². The Bertz CT molecular complexity index is 1220. The van der Waals surface area contributed by atoms with Crippen molar-refractivity contribution in [3.05, 3.63) is 54.2 Å². The minimum absolute atomic E-state index is 0.00519. The molecule has 1 aromatic carbocycles. The van der Waals surface area contributed by atoms with Crippen LogP contribution in [0.5, 0.6) is 5.75 Å². The zero-order valence-electron chi connectivity index (χ0n) is 17.3. The van der Waals surface area contributed by atoms with Gasteiger partial charge < -0.3 is 24.0 Å². The molecule has 9 heteroatoms. The number of carbonyl (C=O) groups excluding carboxylic acids is 1. The molecule has 9 nitrogen and oxygen atoms in total. The van der Waals surface area contributed by atoms with Crippen LogP contribution >= 0.6 is 0 Å². The van der Waals surface area contributed by atoms with Crippen LogP contribution in [0.3, 0.4) is 0 Å². The molecule has 3 aromatic heterocycles. The number of aromatic amines is 1. The number of benzene rings is 1. The Morgan fingerprint density at radius 1 is 1.13 bits per heavy atom. The van der Waals surface area contributed by atoms with E-state index in [0.717, 1.165) is 28.0 Å². The van der Waals surface area contributed by atoms with Gasteiger partial charge in [-0.15, -0.1) is 0 Å². The van der Waals surface area contributed by atoms with Crippen LogP contribution in [0.4, 0.5) is 5.82 Å². The fourth-order valence-electron chi connectivity index (χ4n) is 3.78. The van der Waals surface area contributed by atoms with Crippen LogP contribution in [0.15, 0.2) is 47.1 Å². The maximum Gasteiger partial charge on any atom is 0.270 e. The third-order valence-electron chi connectivity index (χ3n) is 5.48. The molecule has 0 aliphatic carbocycles. The normalized spacial score (nSPS) is 14.3. The first-order valence-electron chi connectivity index (χ1n) is 10.1. The maximum absolute atomic E-state index is 13.0. The van der Waals surface area contributed by atoms with Crippen molar-refractivity contribution in [2.75, 3.05) is 38.2 Å². The number of piperazine rings is 1. The number of amides is 1. The standard InChI is InChI=1S/C22H22N6O3/c1-14-24-21(26-31-14)16-4-6-20(23-13-16)27-7-9-28(10-8-27)22(29)19-11-15-3-5-17(30-2)12-18(15)25-19/h3-6,11-13,25H,7-10H2,1-2H3. The summed E-state index contributed by atoms with van der Waals surface area (Å²) in [5.41, 5.74) is 2.29. The first kappa shape index (κ1) is 19.1. The number of rotatable bonds is 4. The van der Waals surface area contributed by atoms with Crippen molar-refractivity contribution >= 4 is 22.6 Å². The lowest BCUT2D eigenvalue weighted by Gasteiger charge is -2.35. The number of nitrogens with one attached hydrogen (secondary N) is 1. The largest absolute Gasteiger partial charge is 0.497 e. The molecule has 0 spiro atoms. The summed E-state index contributed by atoms with van der Waals surface area (Å²) >= 11 is 0. The number of carbonyl (C=O) groups is 1. The van der Waals surface area contributed by atoms with Gasteiger partial charge in [-0.1, -0.05) is 5.16 Å². The molecule has 0 radical (unpaired) electrons. The minimum atomic E-state index is 0.00519. The van der Waals surface area contributed by atoms with Gasteiger partial charge in [-0.2, -0.15) is 4.98 Å². The van der Waals surface area contributed by atoms with E-state index in [1.807, 2.05) is 41.3 Å². The van der Waals surface area contributed by atoms with Crippen LogP contribution in [0.1, 0.15) is 16.4 Å². The molecular formula is C22H22N6O3. The van der Waals surface area contributed by atoms with Crippen molar-refractivity contribution in [2.45, 2.75) is 6.92 Å². The van der Waals surface area contributed by atoms with Crippen LogP contribution < -0.4 is 9.64 Å². The highest BCUT2D eigenvalue weighted by atomic mass is 16.5. The first-order chi connectivity index (χ1) is 15.1. The molecule has 5 rings (SSSR count). The average Bonchev–Trinajstić information content (AvgIpc) is 3.44. The summed E-state index contributed by atoms with van der Waals surface area (Å²) in [5.74, 6) is 2.69. The van der Waals surface area contributed by atoms with Gasteiger partial charge in [-0.3, -0.25) is 4.79 Å². The Morgan fingerprint density at radius 3 is 2.65 bits per heavy atom. The van der Waals surface area contributed by atoms with Gasteiger partial charge >= 0.3 is 0 Å². The number of pyridine rings is 1. The predicted octanol–water partition coefficient (Wildman–Crippen LogP) is 2.89. The summed E-state index contributed by atoms with van der Waals surface area (Å²) < 4.78 is 10.3. The van der Waals surface area contributed by atoms with E-state index in [0.29, 0.717) is 43.6 Å². The molecule has 1 saturated heterocycles. The van der Waals surface area contributed by atoms with Crippen molar-refractivity contribution in [1.82, 2.24) is 25.0 Å². The molecule has 4 heterocycles. The number of aromatic nitrogens is 4. The molecule has 158 valence electrons. The fraction of sp³-hybridized carbons (Fsp3) is 0.273. The molecule has 1 aliphatic rings. The molecule has 0 saturated carbocycles. The van der Waals surface area contributed by atoms with Crippen LogP contribution in [-0.2, 0) is 0 Å². The van der Waals surface area contributed by atoms with E-state index >= 15 is 0 Å². The maximum atomic E-state index is 13.0. The monoisotopic (exact) mass is 418 g/mol. The summed E-state index contributed by atoms with van der Waals surface area (Å²) in [5, 5.41) is 4.91. The third-order valence-corrected chi connectivity index (χ3v) is 5.48. The number of nitrogens with zero attached hydrogens (tertiary/aromatic N) is 5. The number of fused-ring (bicyclic) bond motifs is 1. The number of anilines is 1. The van der Waals surface area contributed by atoms with Gasteiger partial charge in [-0.25, -0.2) is 4.98 Å². The fourth-order valence-corrected chi connectivity index (χ4v) is 3.78. The van der Waals surface area contributed by atoms with Gasteiger partial charge in [0.15, 0.2) is 0 Å². The Labute approximate surface area is 178 Å². The second kappa shape index (κ2) is 7.75. The number of ether oxygens (including phenoxy) is 1. The lowest BCUT2D eigenvalue weighted by molar-refractivity contribution is 0.0741. The summed E-state index contributed by atoms with van der Waals surface area (Å²) in [7, 11) is 1.63. The zero-order chi connectivity index (χ0) is 21.4. The van der Waals surface area contributed by atoms with Gasteiger partial charge in [0.25, 0.3) is 5.91 Å². The van der Waals surface area contributed by atoms with Crippen molar-refractivity contribution in [2.24, 2.45) is 0 Å². The van der Waals surface area contributed by atoms with Gasteiger partial charge in [-0.05, 0) is 30.3 Å². The van der Waals surface area contributed by atoms with E-state index in [-0.39, 0.29) is 5.91 Å². The molecule has 1 aliphatic heterocycles. The van der Waals surface area contributed by atoms with Gasteiger partial charge in [0, 0.05) is 61.8 Å². The Balaban J connectivity index is 1.24. The molecule has 1 amide bonds. The van der Waals surface area contributed by atoms with Crippen molar-refractivity contribution in [3.63, 3.8) is 0 Å². The Hall–Kier alpha value is -3.88. The highest BCUT2D eigenvalue weighted by Gasteiger charge is 2.24. The van der Waals surface area contributed by atoms with E-state index in [1.54, 1.807) is 20.2 Å². The number of hydrogen-bond acceptors (Lipinski definition) is 7. The van der Waals surface area contributed by atoms with Crippen molar-refractivity contribution < 1.29 is 14.1 Å². The molecule has 1 fully saturated rings. The number of hydrogen-bond donors (Lipinski definition) is 1. The lowest BCUT2D eigenvalue weighted by Crippen LogP contribution is -2.49. The SMILES string of the molecule is COc1ccc2cc(C(=O)N3CCN(c4ccc(-c5noc(C)n5)cn4)CC3)[nH]c2c1. The molecule has 0 atom stereocenters. The van der Waals surface area contributed by atoms with Crippen LogP contribution in [-0.4, -0.2) is 64.2 Å². The van der Waals surface area contributed by atoms with Gasteiger partial charge in [0.1, 0.15) is 17.3 Å². The molecule has 4 aromatic rings. The lowest BCUT2D eigenvalue weighted by atomic mass is 10.2. The highest BCUT2D eigenvalue weighted by molar-refractivity contribution is 5.98. The van der Waals surface area contributed by atoms with E-state index in [9.17, 15) is 4.79 Å². The van der Waals surface area contributed by atoms with Crippen molar-refractivity contribution in [3.8, 4) is 17.1 Å². The van der Waals surface area contributed by atoms with Crippen LogP contribution in [0, 0.1) is 6.92 Å². The number of H-pyrrole nitrogens is 1. The summed E-state index contributed by atoms with van der Waals surface area (Å²) in [4.78, 5) is 29.0. The molecule has 31 heavy (non-hydrogen) atoms. The zero-order valence-corrected chi connectivity index (χ0v) is 17.3. The second-order valence-corrected chi connectivity index (χ2v) is 7.46. The van der Waals surface area contributed by atoms with Gasteiger partial charge in [0.2, 0.25) is 11.7 Å². The smallest absolute Gasteiger partial charge is 0.270 e. The second-order valence-electron chi connectivity index (χ2n) is 7.46. The number of aryl methyl sites for hydroxylation is 1. The average molecular weight is 418 g/mol. The van der Waals surface area contributed by atoms with E-state index in [2.05, 4.69) is 25.0 Å². The first-order valence-corrected chi connectivity index (χ1v) is 10.1. The quantitative estimate of drug-likeness (QED) is 0.544. The van der Waals surface area contributed by atoms with Crippen LogP contribution in [0.25, 0.3) is 22.3 Å².